The van der Waals surface area contributed by atoms with Crippen molar-refractivity contribution in [2.24, 2.45) is 0 Å². The van der Waals surface area contributed by atoms with Crippen LogP contribution in [0, 0.1) is 0 Å². The summed E-state index contributed by atoms with van der Waals surface area (Å²) in [5.74, 6) is -1.82. The monoisotopic (exact) mass is 564 g/mol. The molecule has 0 saturated heterocycles. The number of benzene rings is 1. The van der Waals surface area contributed by atoms with E-state index in [2.05, 4.69) is 4.90 Å². The van der Waals surface area contributed by atoms with Crippen LogP contribution >= 0.6 is 11.6 Å². The fourth-order valence-electron chi connectivity index (χ4n) is 5.92. The van der Waals surface area contributed by atoms with Gasteiger partial charge in [0.1, 0.15) is 17.7 Å². The number of amides is 1. The summed E-state index contributed by atoms with van der Waals surface area (Å²) in [7, 11) is 4.09. The van der Waals surface area contributed by atoms with Crippen LogP contribution in [-0.4, -0.2) is 76.4 Å². The maximum Gasteiger partial charge on any atom is 0.411 e. The van der Waals surface area contributed by atoms with Gasteiger partial charge >= 0.3 is 18.0 Å². The number of likely N-dealkylation sites (N-methyl/N-ethyl adjacent to an activating group) is 1. The van der Waals surface area contributed by atoms with Crippen molar-refractivity contribution in [2.75, 3.05) is 14.1 Å². The van der Waals surface area contributed by atoms with E-state index in [9.17, 15) is 19.5 Å². The lowest BCUT2D eigenvalue weighted by Gasteiger charge is -2.48. The molecule has 2 fully saturated rings. The summed E-state index contributed by atoms with van der Waals surface area (Å²) >= 11 is 6.49. The number of rotatable bonds is 9. The number of ether oxygens (including phenoxy) is 2. The van der Waals surface area contributed by atoms with Gasteiger partial charge in [0.25, 0.3) is 0 Å². The zero-order chi connectivity index (χ0) is 28.8. The number of carboxylic acid groups (broad SMARTS) is 1. The van der Waals surface area contributed by atoms with Crippen molar-refractivity contribution in [2.45, 2.75) is 121 Å². The van der Waals surface area contributed by atoms with E-state index < -0.39 is 36.1 Å². The Morgan fingerprint density at radius 3 is 2.21 bits per heavy atom. The number of esters is 1. The van der Waals surface area contributed by atoms with Gasteiger partial charge < -0.3 is 19.5 Å². The van der Waals surface area contributed by atoms with E-state index in [1.807, 2.05) is 38.4 Å². The molecule has 3 rings (SSSR count). The lowest BCUT2D eigenvalue weighted by molar-refractivity contribution is -0.158. The first-order valence-corrected chi connectivity index (χ1v) is 14.5. The number of carboxylic acids is 1. The van der Waals surface area contributed by atoms with Crippen LogP contribution in [-0.2, 0) is 25.5 Å². The summed E-state index contributed by atoms with van der Waals surface area (Å²) in [6.45, 7) is 5.24. The quantitative estimate of drug-likeness (QED) is 0.363. The second kappa shape index (κ2) is 13.4. The van der Waals surface area contributed by atoms with Crippen LogP contribution < -0.4 is 0 Å². The highest BCUT2D eigenvalue weighted by Crippen LogP contribution is 2.39. The zero-order valence-corrected chi connectivity index (χ0v) is 24.8. The molecule has 1 aromatic rings. The molecule has 1 unspecified atom stereocenters. The van der Waals surface area contributed by atoms with E-state index >= 15 is 0 Å². The minimum atomic E-state index is -1.36. The Kier molecular flexibility index (Phi) is 10.7. The molecule has 1 atom stereocenters. The average Bonchev–Trinajstić information content (AvgIpc) is 2.85. The van der Waals surface area contributed by atoms with Crippen LogP contribution in [0.25, 0.3) is 0 Å². The maximum absolute atomic E-state index is 13.5. The van der Waals surface area contributed by atoms with Gasteiger partial charge in [-0.1, -0.05) is 36.2 Å². The topological polar surface area (TPSA) is 96.4 Å². The van der Waals surface area contributed by atoms with Crippen LogP contribution in [0.1, 0.15) is 90.5 Å². The fraction of sp³-hybridized carbons (Fsp3) is 0.700. The molecule has 2 aliphatic carbocycles. The normalized spacial score (nSPS) is 23.2. The molecule has 9 heteroatoms. The van der Waals surface area contributed by atoms with Crippen molar-refractivity contribution in [3.8, 4) is 0 Å². The lowest BCUT2D eigenvalue weighted by Crippen LogP contribution is -2.57. The predicted octanol–water partition coefficient (Wildman–Crippen LogP) is 6.08. The third kappa shape index (κ3) is 8.58. The van der Waals surface area contributed by atoms with E-state index in [-0.39, 0.29) is 17.7 Å². The molecule has 0 radical (unpaired) electrons. The summed E-state index contributed by atoms with van der Waals surface area (Å²) in [5, 5.41) is 10.9. The zero-order valence-electron chi connectivity index (χ0n) is 24.1. The summed E-state index contributed by atoms with van der Waals surface area (Å²) in [5.41, 5.74) is 0.0523. The number of hydrogen-bond donors (Lipinski definition) is 1. The van der Waals surface area contributed by atoms with E-state index in [1.54, 1.807) is 20.8 Å². The SMILES string of the molecule is CN(C)C1(Cc2ccccc2Cl)CCC(N(C(=O)OC(C)(C)C)C(CC(=O)OC2CCCCC2)C(=O)O)CC1. The molecule has 1 aromatic carbocycles. The molecule has 0 aromatic heterocycles. The molecule has 1 amide bonds. The highest BCUT2D eigenvalue weighted by atomic mass is 35.5. The van der Waals surface area contributed by atoms with Gasteiger partial charge in [0.2, 0.25) is 0 Å². The van der Waals surface area contributed by atoms with Crippen molar-refractivity contribution >= 4 is 29.6 Å². The third-order valence-corrected chi connectivity index (χ3v) is 8.51. The van der Waals surface area contributed by atoms with Gasteiger partial charge in [-0.05, 0) is 104 Å². The maximum atomic E-state index is 13.5. The Bertz CT molecular complexity index is 993. The third-order valence-electron chi connectivity index (χ3n) is 8.14. The number of hydrogen-bond acceptors (Lipinski definition) is 6. The predicted molar refractivity (Wildman–Crippen MR) is 151 cm³/mol. The first-order valence-electron chi connectivity index (χ1n) is 14.2. The molecule has 0 spiro atoms. The highest BCUT2D eigenvalue weighted by Gasteiger charge is 2.45. The molecule has 0 heterocycles. The lowest BCUT2D eigenvalue weighted by atomic mass is 9.74. The molecule has 0 bridgehead atoms. The van der Waals surface area contributed by atoms with Crippen molar-refractivity contribution < 1.29 is 29.0 Å². The van der Waals surface area contributed by atoms with Gasteiger partial charge in [-0.3, -0.25) is 9.69 Å². The Balaban J connectivity index is 1.81. The van der Waals surface area contributed by atoms with Crippen molar-refractivity contribution in [1.82, 2.24) is 9.80 Å². The van der Waals surface area contributed by atoms with Gasteiger partial charge in [-0.2, -0.15) is 0 Å². The van der Waals surface area contributed by atoms with E-state index in [1.165, 1.54) is 4.90 Å². The van der Waals surface area contributed by atoms with E-state index in [0.29, 0.717) is 12.8 Å². The first-order chi connectivity index (χ1) is 18.3. The van der Waals surface area contributed by atoms with Gasteiger partial charge in [-0.15, -0.1) is 0 Å². The minimum Gasteiger partial charge on any atom is -0.480 e. The standard InChI is InChI=1S/C30H45ClN2O6/c1-29(2,3)39-28(37)33(25(27(35)36)19-26(34)38-23-12-7-6-8-13-23)22-15-17-30(18-16-22,32(4)5)20-21-11-9-10-14-24(21)31/h9-11,14,22-23,25H,6-8,12-13,15-20H2,1-5H3,(H,35,36). The summed E-state index contributed by atoms with van der Waals surface area (Å²) in [6.07, 6.45) is 6.74. The Hall–Kier alpha value is -2.32. The van der Waals surface area contributed by atoms with Gasteiger partial charge in [0.05, 0.1) is 6.42 Å². The number of carbonyl (C=O) groups excluding carboxylic acids is 2. The molecule has 2 aliphatic rings. The van der Waals surface area contributed by atoms with Crippen molar-refractivity contribution in [3.63, 3.8) is 0 Å². The van der Waals surface area contributed by atoms with Gasteiger partial charge in [-0.25, -0.2) is 9.59 Å². The van der Waals surface area contributed by atoms with Gasteiger partial charge in [0, 0.05) is 16.6 Å². The molecule has 0 aliphatic heterocycles. The van der Waals surface area contributed by atoms with Crippen LogP contribution in [0.5, 0.6) is 0 Å². The number of nitrogens with zero attached hydrogens (tertiary/aromatic N) is 2. The summed E-state index contributed by atoms with van der Waals surface area (Å²) in [6, 6.07) is 6.06. The van der Waals surface area contributed by atoms with Crippen LogP contribution in [0.3, 0.4) is 0 Å². The molecular formula is C30H45ClN2O6. The second-order valence-electron chi connectivity index (χ2n) is 12.3. The molecule has 218 valence electrons. The van der Waals surface area contributed by atoms with Crippen LogP contribution in [0.4, 0.5) is 4.79 Å². The van der Waals surface area contributed by atoms with E-state index in [4.69, 9.17) is 21.1 Å². The Labute approximate surface area is 238 Å². The Morgan fingerprint density at radius 1 is 1.05 bits per heavy atom. The minimum absolute atomic E-state index is 0.184. The number of halogens is 1. The largest absolute Gasteiger partial charge is 0.480 e. The summed E-state index contributed by atoms with van der Waals surface area (Å²) < 4.78 is 11.3. The second-order valence-corrected chi connectivity index (χ2v) is 12.7. The fourth-order valence-corrected chi connectivity index (χ4v) is 6.12. The Morgan fingerprint density at radius 2 is 1.67 bits per heavy atom. The van der Waals surface area contributed by atoms with Crippen molar-refractivity contribution in [3.05, 3.63) is 34.9 Å². The molecule has 1 N–H and O–H groups in total. The molecular weight excluding hydrogens is 520 g/mol. The van der Waals surface area contributed by atoms with Crippen molar-refractivity contribution in [1.29, 1.82) is 0 Å². The van der Waals surface area contributed by atoms with E-state index in [0.717, 1.165) is 62.0 Å². The molecule has 39 heavy (non-hydrogen) atoms. The number of aliphatic carboxylic acids is 1. The number of carbonyl (C=O) groups is 3. The first kappa shape index (κ1) is 31.2. The molecule has 2 saturated carbocycles. The highest BCUT2D eigenvalue weighted by molar-refractivity contribution is 6.31. The van der Waals surface area contributed by atoms with Crippen LogP contribution in [0.2, 0.25) is 5.02 Å². The smallest absolute Gasteiger partial charge is 0.411 e. The molecule has 8 nitrogen and oxygen atoms in total. The van der Waals surface area contributed by atoms with Crippen LogP contribution in [0.15, 0.2) is 24.3 Å². The van der Waals surface area contributed by atoms with Gasteiger partial charge in [0.15, 0.2) is 0 Å². The average molecular weight is 565 g/mol. The summed E-state index contributed by atoms with van der Waals surface area (Å²) in [4.78, 5) is 42.4.